The van der Waals surface area contributed by atoms with E-state index in [1.54, 1.807) is 22.6 Å². The van der Waals surface area contributed by atoms with Crippen molar-refractivity contribution in [2.45, 2.75) is 25.8 Å². The van der Waals surface area contributed by atoms with Crippen LogP contribution >= 0.6 is 0 Å². The van der Waals surface area contributed by atoms with Gasteiger partial charge in [-0.2, -0.15) is 17.0 Å². The zero-order valence-corrected chi connectivity index (χ0v) is 15.3. The summed E-state index contributed by atoms with van der Waals surface area (Å²) < 4.78 is 28.3. The molecular formula is C16H25N5O3S. The molecule has 1 amide bonds. The zero-order valence-electron chi connectivity index (χ0n) is 14.5. The Kier molecular flexibility index (Phi) is 5.67. The molecule has 0 radical (unpaired) electrons. The van der Waals surface area contributed by atoms with Gasteiger partial charge in [0, 0.05) is 45.5 Å². The van der Waals surface area contributed by atoms with E-state index in [4.69, 9.17) is 0 Å². The summed E-state index contributed by atoms with van der Waals surface area (Å²) >= 11 is 0. The molecule has 1 aromatic rings. The second kappa shape index (κ2) is 7.77. The summed E-state index contributed by atoms with van der Waals surface area (Å²) in [5.74, 6) is 0.393. The van der Waals surface area contributed by atoms with Gasteiger partial charge < -0.3 is 5.32 Å². The van der Waals surface area contributed by atoms with Crippen LogP contribution in [0.15, 0.2) is 24.4 Å². The summed E-state index contributed by atoms with van der Waals surface area (Å²) in [5, 5.41) is 2.79. The summed E-state index contributed by atoms with van der Waals surface area (Å²) in [4.78, 5) is 18.5. The number of pyridine rings is 1. The third-order valence-electron chi connectivity index (χ3n) is 4.83. The first-order chi connectivity index (χ1) is 12.0. The third kappa shape index (κ3) is 4.17. The van der Waals surface area contributed by atoms with Crippen molar-refractivity contribution in [1.29, 1.82) is 0 Å². The average molecular weight is 367 g/mol. The fourth-order valence-electron chi connectivity index (χ4n) is 3.24. The molecule has 2 aliphatic rings. The number of aromatic nitrogens is 1. The van der Waals surface area contributed by atoms with Crippen molar-refractivity contribution in [2.24, 2.45) is 0 Å². The Morgan fingerprint density at radius 1 is 1.08 bits per heavy atom. The molecule has 0 aromatic carbocycles. The highest BCUT2D eigenvalue weighted by Gasteiger charge is 2.35. The summed E-state index contributed by atoms with van der Waals surface area (Å²) in [6.45, 7) is 4.99. The monoisotopic (exact) mass is 367 g/mol. The van der Waals surface area contributed by atoms with Gasteiger partial charge in [-0.05, 0) is 31.9 Å². The standard InChI is InChI=1S/C16H25N5O3S/c1-14(16(22)18-15-6-2-3-7-17-15)19-10-12-21(13-11-19)25(23,24)20-8-4-5-9-20/h2-3,6-7,14H,4-5,8-13H2,1H3,(H,17,18,22)/t14-/m1/s1. The van der Waals surface area contributed by atoms with Crippen molar-refractivity contribution in [1.82, 2.24) is 18.5 Å². The number of hydrogen-bond donors (Lipinski definition) is 1. The van der Waals surface area contributed by atoms with E-state index in [1.807, 2.05) is 17.9 Å². The van der Waals surface area contributed by atoms with Gasteiger partial charge >= 0.3 is 0 Å². The van der Waals surface area contributed by atoms with Crippen LogP contribution in [0.25, 0.3) is 0 Å². The maximum atomic E-state index is 12.6. The molecule has 3 rings (SSSR count). The lowest BCUT2D eigenvalue weighted by atomic mass is 10.2. The summed E-state index contributed by atoms with van der Waals surface area (Å²) in [6, 6.07) is 5.01. The molecule has 1 N–H and O–H groups in total. The van der Waals surface area contributed by atoms with Crippen molar-refractivity contribution in [2.75, 3.05) is 44.6 Å². The first kappa shape index (κ1) is 18.2. The van der Waals surface area contributed by atoms with Crippen molar-refractivity contribution in [3.8, 4) is 0 Å². The van der Waals surface area contributed by atoms with E-state index >= 15 is 0 Å². The van der Waals surface area contributed by atoms with Gasteiger partial charge in [0.2, 0.25) is 5.91 Å². The quantitative estimate of drug-likeness (QED) is 0.812. The fraction of sp³-hybridized carbons (Fsp3) is 0.625. The van der Waals surface area contributed by atoms with Crippen LogP contribution < -0.4 is 5.32 Å². The summed E-state index contributed by atoms with van der Waals surface area (Å²) in [7, 11) is -3.35. The molecular weight excluding hydrogens is 342 g/mol. The number of amides is 1. The van der Waals surface area contributed by atoms with Gasteiger partial charge in [0.05, 0.1) is 6.04 Å². The fourth-order valence-corrected chi connectivity index (χ4v) is 4.91. The minimum Gasteiger partial charge on any atom is -0.309 e. The van der Waals surface area contributed by atoms with E-state index in [9.17, 15) is 13.2 Å². The molecule has 138 valence electrons. The van der Waals surface area contributed by atoms with Gasteiger partial charge in [0.1, 0.15) is 5.82 Å². The van der Waals surface area contributed by atoms with Gasteiger partial charge in [0.15, 0.2) is 0 Å². The minimum absolute atomic E-state index is 0.130. The molecule has 0 aliphatic carbocycles. The van der Waals surface area contributed by atoms with E-state index in [-0.39, 0.29) is 11.9 Å². The summed E-state index contributed by atoms with van der Waals surface area (Å²) in [6.07, 6.45) is 3.50. The van der Waals surface area contributed by atoms with Crippen LogP contribution in [0, 0.1) is 0 Å². The van der Waals surface area contributed by atoms with Crippen LogP contribution in [0.2, 0.25) is 0 Å². The number of nitrogens with zero attached hydrogens (tertiary/aromatic N) is 4. The van der Waals surface area contributed by atoms with Gasteiger partial charge in [-0.15, -0.1) is 0 Å². The topological polar surface area (TPSA) is 85.9 Å². The Hall–Kier alpha value is -1.55. The predicted octanol–water partition coefficient (Wildman–Crippen LogP) is 0.367. The second-order valence-corrected chi connectivity index (χ2v) is 8.36. The van der Waals surface area contributed by atoms with Crippen LogP contribution in [-0.2, 0) is 15.0 Å². The zero-order chi connectivity index (χ0) is 17.9. The number of piperazine rings is 1. The molecule has 0 saturated carbocycles. The van der Waals surface area contributed by atoms with Gasteiger partial charge in [-0.1, -0.05) is 6.07 Å². The van der Waals surface area contributed by atoms with Crippen LogP contribution in [0.3, 0.4) is 0 Å². The lowest BCUT2D eigenvalue weighted by Crippen LogP contribution is -2.56. The maximum Gasteiger partial charge on any atom is 0.282 e. The van der Waals surface area contributed by atoms with E-state index in [1.165, 1.54) is 4.31 Å². The normalized spacial score (nSPS) is 22.0. The summed E-state index contributed by atoms with van der Waals surface area (Å²) in [5.41, 5.74) is 0. The Labute approximate surface area is 149 Å². The van der Waals surface area contributed by atoms with E-state index in [0.717, 1.165) is 12.8 Å². The molecule has 2 saturated heterocycles. The van der Waals surface area contributed by atoms with E-state index in [0.29, 0.717) is 45.1 Å². The molecule has 0 unspecified atom stereocenters. The van der Waals surface area contributed by atoms with Gasteiger partial charge in [-0.25, -0.2) is 4.98 Å². The Bertz CT molecular complexity index is 683. The average Bonchev–Trinajstić information content (AvgIpc) is 3.17. The van der Waals surface area contributed by atoms with Crippen molar-refractivity contribution in [3.05, 3.63) is 24.4 Å². The van der Waals surface area contributed by atoms with Crippen LogP contribution in [-0.4, -0.2) is 78.1 Å². The van der Waals surface area contributed by atoms with Crippen LogP contribution in [0.1, 0.15) is 19.8 Å². The first-order valence-electron chi connectivity index (χ1n) is 8.69. The first-order valence-corrected chi connectivity index (χ1v) is 10.1. The number of rotatable bonds is 5. The Balaban J connectivity index is 1.53. The molecule has 8 nitrogen and oxygen atoms in total. The number of anilines is 1. The Morgan fingerprint density at radius 3 is 2.32 bits per heavy atom. The number of carbonyl (C=O) groups is 1. The van der Waals surface area contributed by atoms with Gasteiger partial charge in [-0.3, -0.25) is 9.69 Å². The van der Waals surface area contributed by atoms with Gasteiger partial charge in [0.25, 0.3) is 10.2 Å². The number of hydrogen-bond acceptors (Lipinski definition) is 5. The second-order valence-electron chi connectivity index (χ2n) is 6.43. The number of carbonyl (C=O) groups excluding carboxylic acids is 1. The molecule has 2 aliphatic heterocycles. The lowest BCUT2D eigenvalue weighted by Gasteiger charge is -2.37. The molecule has 3 heterocycles. The van der Waals surface area contributed by atoms with Crippen LogP contribution in [0.4, 0.5) is 5.82 Å². The highest BCUT2D eigenvalue weighted by atomic mass is 32.2. The molecule has 9 heteroatoms. The highest BCUT2D eigenvalue weighted by molar-refractivity contribution is 7.86. The largest absolute Gasteiger partial charge is 0.309 e. The molecule has 2 fully saturated rings. The Morgan fingerprint density at radius 2 is 1.72 bits per heavy atom. The van der Waals surface area contributed by atoms with Crippen LogP contribution in [0.5, 0.6) is 0 Å². The predicted molar refractivity (Wildman–Crippen MR) is 95.2 cm³/mol. The minimum atomic E-state index is -3.35. The SMILES string of the molecule is C[C@H](C(=O)Nc1ccccn1)N1CCN(S(=O)(=O)N2CCCC2)CC1. The molecule has 0 spiro atoms. The van der Waals surface area contributed by atoms with E-state index < -0.39 is 10.2 Å². The highest BCUT2D eigenvalue weighted by Crippen LogP contribution is 2.19. The number of nitrogens with one attached hydrogen (secondary N) is 1. The maximum absolute atomic E-state index is 12.6. The molecule has 1 aromatic heterocycles. The van der Waals surface area contributed by atoms with Crippen molar-refractivity contribution in [3.63, 3.8) is 0 Å². The van der Waals surface area contributed by atoms with Crippen molar-refractivity contribution >= 4 is 21.9 Å². The lowest BCUT2D eigenvalue weighted by molar-refractivity contribution is -0.121. The molecule has 0 bridgehead atoms. The smallest absolute Gasteiger partial charge is 0.282 e. The van der Waals surface area contributed by atoms with Crippen molar-refractivity contribution < 1.29 is 13.2 Å². The molecule has 1 atom stereocenters. The van der Waals surface area contributed by atoms with E-state index in [2.05, 4.69) is 10.3 Å². The molecule has 25 heavy (non-hydrogen) atoms. The third-order valence-corrected chi connectivity index (χ3v) is 6.87.